The van der Waals surface area contributed by atoms with Crippen molar-refractivity contribution < 1.29 is 9.53 Å². The van der Waals surface area contributed by atoms with Crippen LogP contribution in [0.2, 0.25) is 0 Å². The van der Waals surface area contributed by atoms with Crippen LogP contribution in [0.25, 0.3) is 0 Å². The molecule has 26 heavy (non-hydrogen) atoms. The highest BCUT2D eigenvalue weighted by atomic mass is 32.1. The smallest absolute Gasteiger partial charge is 0.338 e. The Morgan fingerprint density at radius 3 is 2.35 bits per heavy atom. The van der Waals surface area contributed by atoms with Crippen LogP contribution in [0.1, 0.15) is 28.9 Å². The molecule has 0 saturated carbocycles. The van der Waals surface area contributed by atoms with E-state index >= 15 is 0 Å². The molecule has 1 atom stereocenters. The van der Waals surface area contributed by atoms with Gasteiger partial charge >= 0.3 is 5.97 Å². The second-order valence-electron chi connectivity index (χ2n) is 6.02. The number of carbonyl (C=O) groups excluding carboxylic acids is 1. The molecule has 0 saturated heterocycles. The summed E-state index contributed by atoms with van der Waals surface area (Å²) >= 11 is 5.38. The summed E-state index contributed by atoms with van der Waals surface area (Å²) < 4.78 is 4.98. The zero-order valence-electron chi connectivity index (χ0n) is 15.4. The molecule has 0 heterocycles. The van der Waals surface area contributed by atoms with E-state index in [0.717, 1.165) is 5.69 Å². The lowest BCUT2D eigenvalue weighted by Crippen LogP contribution is -2.36. The van der Waals surface area contributed by atoms with Gasteiger partial charge in [0.15, 0.2) is 5.11 Å². The number of nitrogens with one attached hydrogen (secondary N) is 2. The van der Waals surface area contributed by atoms with Gasteiger partial charge in [0.2, 0.25) is 0 Å². The first kappa shape index (κ1) is 19.9. The van der Waals surface area contributed by atoms with Crippen molar-refractivity contribution in [3.63, 3.8) is 0 Å². The van der Waals surface area contributed by atoms with Crippen LogP contribution < -0.4 is 10.6 Å². The number of ether oxygens (including phenoxy) is 1. The van der Waals surface area contributed by atoms with Crippen LogP contribution in [-0.4, -0.2) is 43.2 Å². The minimum atomic E-state index is -0.323. The number of esters is 1. The number of carbonyl (C=O) groups is 1. The molecule has 0 amide bonds. The van der Waals surface area contributed by atoms with E-state index in [9.17, 15) is 4.79 Å². The van der Waals surface area contributed by atoms with Gasteiger partial charge in [0.25, 0.3) is 0 Å². The zero-order valence-corrected chi connectivity index (χ0v) is 16.2. The SMILES string of the molecule is CCOC(=O)c1ccc(NC(=S)NCC(c2ccccc2)N(C)C)cc1. The Hall–Kier alpha value is -2.44. The molecule has 2 aromatic rings. The summed E-state index contributed by atoms with van der Waals surface area (Å²) in [6.07, 6.45) is 0. The molecule has 2 aromatic carbocycles. The molecule has 138 valence electrons. The van der Waals surface area contributed by atoms with Gasteiger partial charge in [-0.15, -0.1) is 0 Å². The Labute approximate surface area is 160 Å². The average molecular weight is 372 g/mol. The highest BCUT2D eigenvalue weighted by Crippen LogP contribution is 2.17. The van der Waals surface area contributed by atoms with E-state index < -0.39 is 0 Å². The van der Waals surface area contributed by atoms with Gasteiger partial charge in [0, 0.05) is 12.2 Å². The van der Waals surface area contributed by atoms with Gasteiger partial charge in [-0.1, -0.05) is 30.3 Å². The maximum Gasteiger partial charge on any atom is 0.338 e. The average Bonchev–Trinajstić information content (AvgIpc) is 2.63. The van der Waals surface area contributed by atoms with Crippen molar-refractivity contribution >= 4 is 29.0 Å². The molecule has 5 nitrogen and oxygen atoms in total. The van der Waals surface area contributed by atoms with Crippen molar-refractivity contribution in [1.82, 2.24) is 10.2 Å². The third-order valence-corrected chi connectivity index (χ3v) is 4.16. The van der Waals surface area contributed by atoms with Crippen molar-refractivity contribution in [3.8, 4) is 0 Å². The first-order valence-electron chi connectivity index (χ1n) is 8.54. The number of rotatable bonds is 7. The Balaban J connectivity index is 1.90. The molecule has 6 heteroatoms. The Morgan fingerprint density at radius 2 is 1.77 bits per heavy atom. The van der Waals surface area contributed by atoms with Crippen molar-refractivity contribution in [1.29, 1.82) is 0 Å². The first-order valence-corrected chi connectivity index (χ1v) is 8.95. The van der Waals surface area contributed by atoms with Crippen LogP contribution in [0.3, 0.4) is 0 Å². The maximum atomic E-state index is 11.7. The minimum Gasteiger partial charge on any atom is -0.462 e. The second-order valence-corrected chi connectivity index (χ2v) is 6.43. The summed E-state index contributed by atoms with van der Waals surface area (Å²) in [5, 5.41) is 6.93. The van der Waals surface area contributed by atoms with Crippen LogP contribution in [0.15, 0.2) is 54.6 Å². The fraction of sp³-hybridized carbons (Fsp3) is 0.300. The largest absolute Gasteiger partial charge is 0.462 e. The fourth-order valence-electron chi connectivity index (χ4n) is 2.54. The van der Waals surface area contributed by atoms with E-state index in [2.05, 4.69) is 27.7 Å². The monoisotopic (exact) mass is 371 g/mol. The summed E-state index contributed by atoms with van der Waals surface area (Å²) in [5.74, 6) is -0.323. The molecule has 0 fully saturated rings. The Morgan fingerprint density at radius 1 is 1.12 bits per heavy atom. The lowest BCUT2D eigenvalue weighted by molar-refractivity contribution is 0.0526. The summed E-state index contributed by atoms with van der Waals surface area (Å²) in [6.45, 7) is 2.83. The molecule has 0 aromatic heterocycles. The standard InChI is InChI=1S/C20H25N3O2S/c1-4-25-19(24)16-10-12-17(13-11-16)22-20(26)21-14-18(23(2)3)15-8-6-5-7-9-15/h5-13,18H,4,14H2,1-3H3,(H2,21,22,26). The van der Waals surface area contributed by atoms with Crippen molar-refractivity contribution in [2.45, 2.75) is 13.0 Å². The third kappa shape index (κ3) is 5.82. The lowest BCUT2D eigenvalue weighted by Gasteiger charge is -2.25. The van der Waals surface area contributed by atoms with Crippen LogP contribution in [0, 0.1) is 0 Å². The highest BCUT2D eigenvalue weighted by molar-refractivity contribution is 7.80. The fourth-order valence-corrected chi connectivity index (χ4v) is 2.74. The van der Waals surface area contributed by atoms with E-state index in [1.165, 1.54) is 5.56 Å². The molecular weight excluding hydrogens is 346 g/mol. The molecule has 0 aliphatic heterocycles. The number of hydrogen-bond donors (Lipinski definition) is 2. The summed E-state index contributed by atoms with van der Waals surface area (Å²) in [5.41, 5.74) is 2.57. The van der Waals surface area contributed by atoms with E-state index in [1.807, 2.05) is 32.3 Å². The maximum absolute atomic E-state index is 11.7. The highest BCUT2D eigenvalue weighted by Gasteiger charge is 2.14. The number of thiocarbonyl (C=S) groups is 1. The van der Waals surface area contributed by atoms with Gasteiger partial charge in [-0.25, -0.2) is 4.79 Å². The molecule has 0 radical (unpaired) electrons. The van der Waals surface area contributed by atoms with Gasteiger partial charge in [-0.3, -0.25) is 0 Å². The van der Waals surface area contributed by atoms with Crippen LogP contribution in [-0.2, 0) is 4.74 Å². The van der Waals surface area contributed by atoms with Crippen molar-refractivity contribution in [2.24, 2.45) is 0 Å². The van der Waals surface area contributed by atoms with Gasteiger partial charge in [-0.2, -0.15) is 0 Å². The molecule has 2 rings (SSSR count). The summed E-state index contributed by atoms with van der Waals surface area (Å²) in [4.78, 5) is 13.8. The Bertz CT molecular complexity index is 718. The van der Waals surface area contributed by atoms with Crippen LogP contribution in [0.4, 0.5) is 5.69 Å². The predicted molar refractivity (Wildman–Crippen MR) is 109 cm³/mol. The lowest BCUT2D eigenvalue weighted by atomic mass is 10.1. The number of nitrogens with zero attached hydrogens (tertiary/aromatic N) is 1. The molecule has 0 spiro atoms. The minimum absolute atomic E-state index is 0.210. The topological polar surface area (TPSA) is 53.6 Å². The number of anilines is 1. The normalized spacial score (nSPS) is 11.7. The van der Waals surface area contributed by atoms with Crippen LogP contribution in [0.5, 0.6) is 0 Å². The molecule has 0 aliphatic rings. The molecule has 0 aliphatic carbocycles. The van der Waals surface area contributed by atoms with Gasteiger partial charge in [0.05, 0.1) is 18.2 Å². The van der Waals surface area contributed by atoms with E-state index in [0.29, 0.717) is 23.8 Å². The number of likely N-dealkylation sites (N-methyl/N-ethyl adjacent to an activating group) is 1. The molecule has 2 N–H and O–H groups in total. The van der Waals surface area contributed by atoms with Crippen LogP contribution >= 0.6 is 12.2 Å². The Kier molecular flexibility index (Phi) is 7.56. The zero-order chi connectivity index (χ0) is 18.9. The third-order valence-electron chi connectivity index (χ3n) is 3.92. The van der Waals surface area contributed by atoms with E-state index in [4.69, 9.17) is 17.0 Å². The van der Waals surface area contributed by atoms with Gasteiger partial charge in [0.1, 0.15) is 0 Å². The number of benzene rings is 2. The number of hydrogen-bond acceptors (Lipinski definition) is 4. The van der Waals surface area contributed by atoms with Crippen molar-refractivity contribution in [2.75, 3.05) is 32.6 Å². The van der Waals surface area contributed by atoms with E-state index in [-0.39, 0.29) is 12.0 Å². The molecule has 1 unspecified atom stereocenters. The molecule has 0 bridgehead atoms. The van der Waals surface area contributed by atoms with Gasteiger partial charge < -0.3 is 20.3 Å². The van der Waals surface area contributed by atoms with Crippen molar-refractivity contribution in [3.05, 3.63) is 65.7 Å². The predicted octanol–water partition coefficient (Wildman–Crippen LogP) is 3.45. The first-order chi connectivity index (χ1) is 12.5. The van der Waals surface area contributed by atoms with E-state index in [1.54, 1.807) is 31.2 Å². The van der Waals surface area contributed by atoms with Gasteiger partial charge in [-0.05, 0) is 63.1 Å². The molecular formula is C20H25N3O2S. The second kappa shape index (κ2) is 9.89. The summed E-state index contributed by atoms with van der Waals surface area (Å²) in [6, 6.07) is 17.6. The summed E-state index contributed by atoms with van der Waals surface area (Å²) in [7, 11) is 4.09. The quantitative estimate of drug-likeness (QED) is 0.574.